The van der Waals surface area contributed by atoms with Crippen molar-refractivity contribution in [2.24, 2.45) is 0 Å². The van der Waals surface area contributed by atoms with E-state index in [4.69, 9.17) is 0 Å². The lowest BCUT2D eigenvalue weighted by molar-refractivity contribution is 0.102. The second-order valence-electron chi connectivity index (χ2n) is 5.32. The third kappa shape index (κ3) is 4.28. The molecule has 5 nitrogen and oxygen atoms in total. The molecule has 1 heterocycles. The molecule has 0 radical (unpaired) electrons. The number of carbonyl (C=O) groups excluding carboxylic acids is 1. The van der Waals surface area contributed by atoms with Gasteiger partial charge in [-0.3, -0.25) is 4.79 Å². The van der Waals surface area contributed by atoms with Crippen LogP contribution in [0.3, 0.4) is 0 Å². The zero-order chi connectivity index (χ0) is 15.9. The number of nitrogens with one attached hydrogen (secondary N) is 2. The van der Waals surface area contributed by atoms with Gasteiger partial charge in [0.1, 0.15) is 17.8 Å². The van der Waals surface area contributed by atoms with Crippen LogP contribution in [0.25, 0.3) is 0 Å². The zero-order valence-electron chi connectivity index (χ0n) is 13.3. The highest BCUT2D eigenvalue weighted by Gasteiger charge is 2.09. The van der Waals surface area contributed by atoms with Crippen LogP contribution in [0.1, 0.15) is 41.4 Å². The lowest BCUT2D eigenvalue weighted by Crippen LogP contribution is -2.15. The second kappa shape index (κ2) is 7.54. The average molecular weight is 298 g/mol. The van der Waals surface area contributed by atoms with Crippen molar-refractivity contribution in [1.82, 2.24) is 9.97 Å². The first-order chi connectivity index (χ1) is 10.6. The van der Waals surface area contributed by atoms with E-state index in [1.165, 1.54) is 11.9 Å². The summed E-state index contributed by atoms with van der Waals surface area (Å²) in [6.07, 6.45) is 3.58. The van der Waals surface area contributed by atoms with Gasteiger partial charge in [-0.1, -0.05) is 19.4 Å². The number of anilines is 2. The molecular weight excluding hydrogens is 276 g/mol. The Kier molecular flexibility index (Phi) is 5.47. The Labute approximate surface area is 131 Å². The van der Waals surface area contributed by atoms with Crippen LogP contribution in [0.2, 0.25) is 0 Å². The highest BCUT2D eigenvalue weighted by molar-refractivity contribution is 6.03. The second-order valence-corrected chi connectivity index (χ2v) is 5.32. The number of rotatable bonds is 6. The first-order valence-electron chi connectivity index (χ1n) is 7.54. The van der Waals surface area contributed by atoms with E-state index in [1.807, 2.05) is 32.0 Å². The van der Waals surface area contributed by atoms with Crippen LogP contribution in [0.15, 0.2) is 30.6 Å². The third-order valence-corrected chi connectivity index (χ3v) is 3.50. The minimum absolute atomic E-state index is 0.232. The fourth-order valence-corrected chi connectivity index (χ4v) is 1.99. The molecule has 0 aliphatic heterocycles. The van der Waals surface area contributed by atoms with Crippen molar-refractivity contribution >= 4 is 17.4 Å². The quantitative estimate of drug-likeness (QED) is 0.800. The largest absolute Gasteiger partial charge is 0.370 e. The summed E-state index contributed by atoms with van der Waals surface area (Å²) in [4.78, 5) is 20.4. The molecule has 0 saturated heterocycles. The van der Waals surface area contributed by atoms with Gasteiger partial charge < -0.3 is 10.6 Å². The molecule has 22 heavy (non-hydrogen) atoms. The molecule has 1 amide bonds. The van der Waals surface area contributed by atoms with E-state index in [1.54, 1.807) is 6.07 Å². The number of benzene rings is 1. The molecule has 2 rings (SSSR count). The summed E-state index contributed by atoms with van der Waals surface area (Å²) in [5.41, 5.74) is 3.46. The van der Waals surface area contributed by atoms with E-state index < -0.39 is 0 Å². The number of unbranched alkanes of at least 4 members (excludes halogenated alkanes) is 1. The summed E-state index contributed by atoms with van der Waals surface area (Å²) >= 11 is 0. The van der Waals surface area contributed by atoms with Crippen molar-refractivity contribution in [3.8, 4) is 0 Å². The predicted molar refractivity (Wildman–Crippen MR) is 89.3 cm³/mol. The number of hydrogen-bond acceptors (Lipinski definition) is 4. The third-order valence-electron chi connectivity index (χ3n) is 3.50. The Morgan fingerprint density at radius 2 is 1.95 bits per heavy atom. The van der Waals surface area contributed by atoms with E-state index in [-0.39, 0.29) is 5.91 Å². The Morgan fingerprint density at radius 3 is 2.68 bits per heavy atom. The molecule has 0 saturated carbocycles. The molecule has 116 valence electrons. The van der Waals surface area contributed by atoms with E-state index in [9.17, 15) is 4.79 Å². The molecule has 0 fully saturated rings. The van der Waals surface area contributed by atoms with Gasteiger partial charge in [-0.15, -0.1) is 0 Å². The van der Waals surface area contributed by atoms with E-state index in [0.29, 0.717) is 11.5 Å². The summed E-state index contributed by atoms with van der Waals surface area (Å²) in [7, 11) is 0. The van der Waals surface area contributed by atoms with E-state index >= 15 is 0 Å². The Morgan fingerprint density at radius 1 is 1.14 bits per heavy atom. The molecule has 2 N–H and O–H groups in total. The molecule has 0 aliphatic carbocycles. The normalized spacial score (nSPS) is 10.3. The molecule has 5 heteroatoms. The van der Waals surface area contributed by atoms with Gasteiger partial charge in [-0.25, -0.2) is 9.97 Å². The number of aryl methyl sites for hydroxylation is 2. The summed E-state index contributed by atoms with van der Waals surface area (Å²) in [5.74, 6) is 0.442. The molecule has 0 aliphatic rings. The van der Waals surface area contributed by atoms with Crippen molar-refractivity contribution in [2.45, 2.75) is 33.6 Å². The smallest absolute Gasteiger partial charge is 0.274 e. The topological polar surface area (TPSA) is 66.9 Å². The fraction of sp³-hybridized carbons (Fsp3) is 0.353. The van der Waals surface area contributed by atoms with Crippen molar-refractivity contribution in [3.63, 3.8) is 0 Å². The van der Waals surface area contributed by atoms with Crippen LogP contribution in [0, 0.1) is 13.8 Å². The molecular formula is C17H22N4O. The number of aromatic nitrogens is 2. The monoisotopic (exact) mass is 298 g/mol. The fourth-order valence-electron chi connectivity index (χ4n) is 1.99. The molecule has 0 bridgehead atoms. The minimum Gasteiger partial charge on any atom is -0.370 e. The Bertz CT molecular complexity index is 655. The van der Waals surface area contributed by atoms with Gasteiger partial charge >= 0.3 is 0 Å². The van der Waals surface area contributed by atoms with Gasteiger partial charge in [-0.2, -0.15) is 0 Å². The predicted octanol–water partition coefficient (Wildman–Crippen LogP) is 3.56. The van der Waals surface area contributed by atoms with Crippen molar-refractivity contribution in [3.05, 3.63) is 47.4 Å². The maximum Gasteiger partial charge on any atom is 0.274 e. The SMILES string of the molecule is CCCCNc1cc(C(=O)Nc2ccc(C)c(C)c2)ncn1. The van der Waals surface area contributed by atoms with Crippen LogP contribution >= 0.6 is 0 Å². The first kappa shape index (κ1) is 15.9. The van der Waals surface area contributed by atoms with Gasteiger partial charge in [0.05, 0.1) is 0 Å². The molecule has 0 atom stereocenters. The van der Waals surface area contributed by atoms with Crippen molar-refractivity contribution < 1.29 is 4.79 Å². The van der Waals surface area contributed by atoms with Crippen LogP contribution in [0.4, 0.5) is 11.5 Å². The number of amides is 1. The van der Waals surface area contributed by atoms with E-state index in [0.717, 1.165) is 30.6 Å². The Hall–Kier alpha value is -2.43. The molecule has 0 spiro atoms. The number of carbonyl (C=O) groups is 1. The number of nitrogens with zero attached hydrogens (tertiary/aromatic N) is 2. The lowest BCUT2D eigenvalue weighted by Gasteiger charge is -2.08. The maximum atomic E-state index is 12.3. The van der Waals surface area contributed by atoms with Gasteiger partial charge in [-0.05, 0) is 43.5 Å². The van der Waals surface area contributed by atoms with Gasteiger partial charge in [0.15, 0.2) is 0 Å². The average Bonchev–Trinajstić information content (AvgIpc) is 2.51. The highest BCUT2D eigenvalue weighted by Crippen LogP contribution is 2.15. The lowest BCUT2D eigenvalue weighted by atomic mass is 10.1. The molecule has 0 unspecified atom stereocenters. The number of hydrogen-bond donors (Lipinski definition) is 2. The van der Waals surface area contributed by atoms with Crippen LogP contribution in [-0.2, 0) is 0 Å². The molecule has 2 aromatic rings. The highest BCUT2D eigenvalue weighted by atomic mass is 16.1. The van der Waals surface area contributed by atoms with Gasteiger partial charge in [0.25, 0.3) is 5.91 Å². The summed E-state index contributed by atoms with van der Waals surface area (Å²) in [5, 5.41) is 6.05. The van der Waals surface area contributed by atoms with Crippen LogP contribution in [-0.4, -0.2) is 22.4 Å². The van der Waals surface area contributed by atoms with Gasteiger partial charge in [0.2, 0.25) is 0 Å². The summed E-state index contributed by atoms with van der Waals surface area (Å²) in [6, 6.07) is 7.51. The first-order valence-corrected chi connectivity index (χ1v) is 7.54. The van der Waals surface area contributed by atoms with Crippen molar-refractivity contribution in [1.29, 1.82) is 0 Å². The van der Waals surface area contributed by atoms with E-state index in [2.05, 4.69) is 27.5 Å². The summed E-state index contributed by atoms with van der Waals surface area (Å²) < 4.78 is 0. The minimum atomic E-state index is -0.232. The Balaban J connectivity index is 2.05. The standard InChI is InChI=1S/C17H22N4O/c1-4-5-8-18-16-10-15(19-11-20-16)17(22)21-14-7-6-12(2)13(3)9-14/h6-7,9-11H,4-5,8H2,1-3H3,(H,21,22)(H,18,19,20). The zero-order valence-corrected chi connectivity index (χ0v) is 13.3. The molecule has 1 aromatic carbocycles. The van der Waals surface area contributed by atoms with Crippen molar-refractivity contribution in [2.75, 3.05) is 17.2 Å². The van der Waals surface area contributed by atoms with Crippen LogP contribution in [0.5, 0.6) is 0 Å². The van der Waals surface area contributed by atoms with Crippen LogP contribution < -0.4 is 10.6 Å². The molecule has 1 aromatic heterocycles. The van der Waals surface area contributed by atoms with Gasteiger partial charge in [0, 0.05) is 18.3 Å². The maximum absolute atomic E-state index is 12.3. The summed E-state index contributed by atoms with van der Waals surface area (Å²) in [6.45, 7) is 7.03.